The maximum Gasteiger partial charge on any atom is 0.129 e. The van der Waals surface area contributed by atoms with E-state index in [9.17, 15) is 4.39 Å². The van der Waals surface area contributed by atoms with E-state index in [1.54, 1.807) is 24.5 Å². The van der Waals surface area contributed by atoms with Crippen LogP contribution in [0, 0.1) is 5.82 Å². The van der Waals surface area contributed by atoms with Crippen LogP contribution in [0.4, 0.5) is 4.39 Å². The van der Waals surface area contributed by atoms with Gasteiger partial charge in [-0.25, -0.2) is 4.39 Å². The minimum Gasteiger partial charge on any atom is -0.496 e. The number of rotatable bonds is 4. The highest BCUT2D eigenvalue weighted by Gasteiger charge is 2.12. The summed E-state index contributed by atoms with van der Waals surface area (Å²) in [5.74, 6) is 0.588. The lowest BCUT2D eigenvalue weighted by molar-refractivity contribution is 0.416. The molecule has 1 aromatic heterocycles. The number of alkyl halides is 1. The van der Waals surface area contributed by atoms with Crippen molar-refractivity contribution in [2.45, 2.75) is 11.8 Å². The van der Waals surface area contributed by atoms with E-state index < -0.39 is 0 Å². The molecule has 1 unspecified atom stereocenters. The van der Waals surface area contributed by atoms with Gasteiger partial charge in [0.15, 0.2) is 0 Å². The molecule has 1 heterocycles. The zero-order valence-corrected chi connectivity index (χ0v) is 10.9. The van der Waals surface area contributed by atoms with Gasteiger partial charge >= 0.3 is 0 Å². The molecular formula is C13H12ClFOS. The standard InChI is InChI=1S/C13H12ClFOS/c1-16-11-7-13(17-8-11)12(14)6-9-3-2-4-10(15)5-9/h2-5,7-8,12H,6H2,1H3. The third-order valence-electron chi connectivity index (χ3n) is 2.44. The van der Waals surface area contributed by atoms with Crippen LogP contribution >= 0.6 is 22.9 Å². The first-order valence-corrected chi connectivity index (χ1v) is 6.51. The fraction of sp³-hybridized carbons (Fsp3) is 0.231. The Hall–Kier alpha value is -1.06. The van der Waals surface area contributed by atoms with Gasteiger partial charge in [0.05, 0.1) is 12.5 Å². The molecule has 0 saturated heterocycles. The molecule has 2 rings (SSSR count). The molecule has 0 saturated carbocycles. The van der Waals surface area contributed by atoms with Gasteiger partial charge in [0.1, 0.15) is 11.6 Å². The summed E-state index contributed by atoms with van der Waals surface area (Å²) in [4.78, 5) is 1.03. The molecule has 0 fully saturated rings. The first kappa shape index (κ1) is 12.4. The molecule has 17 heavy (non-hydrogen) atoms. The van der Waals surface area contributed by atoms with Gasteiger partial charge < -0.3 is 4.74 Å². The van der Waals surface area contributed by atoms with E-state index in [2.05, 4.69) is 0 Å². The first-order valence-electron chi connectivity index (χ1n) is 5.20. The van der Waals surface area contributed by atoms with E-state index in [0.29, 0.717) is 6.42 Å². The molecule has 4 heteroatoms. The lowest BCUT2D eigenvalue weighted by Gasteiger charge is -2.07. The number of hydrogen-bond acceptors (Lipinski definition) is 2. The maximum atomic E-state index is 13.0. The van der Waals surface area contributed by atoms with Gasteiger partial charge in [-0.3, -0.25) is 0 Å². The Kier molecular flexibility index (Phi) is 4.02. The van der Waals surface area contributed by atoms with Crippen LogP contribution in [0.1, 0.15) is 15.8 Å². The van der Waals surface area contributed by atoms with Crippen LogP contribution < -0.4 is 4.74 Å². The predicted octanol–water partition coefficient (Wildman–Crippen LogP) is 4.42. The Morgan fingerprint density at radius 3 is 2.88 bits per heavy atom. The number of benzene rings is 1. The Labute approximate surface area is 109 Å². The number of methoxy groups -OCH3 is 1. The lowest BCUT2D eigenvalue weighted by Crippen LogP contribution is -1.94. The average molecular weight is 271 g/mol. The fourth-order valence-corrected chi connectivity index (χ4v) is 2.80. The Bertz CT molecular complexity index is 498. The zero-order chi connectivity index (χ0) is 12.3. The third-order valence-corrected chi connectivity index (χ3v) is 3.99. The molecule has 0 aliphatic rings. The molecule has 0 aliphatic heterocycles. The summed E-state index contributed by atoms with van der Waals surface area (Å²) in [5, 5.41) is 1.77. The van der Waals surface area contributed by atoms with Crippen molar-refractivity contribution in [2.75, 3.05) is 7.11 Å². The highest BCUT2D eigenvalue weighted by atomic mass is 35.5. The molecule has 1 nitrogen and oxygen atoms in total. The van der Waals surface area contributed by atoms with E-state index in [-0.39, 0.29) is 11.2 Å². The van der Waals surface area contributed by atoms with Crippen LogP contribution in [0.25, 0.3) is 0 Å². The molecule has 0 amide bonds. The van der Waals surface area contributed by atoms with Crippen molar-refractivity contribution in [3.63, 3.8) is 0 Å². The average Bonchev–Trinajstić information content (AvgIpc) is 2.77. The largest absolute Gasteiger partial charge is 0.496 e. The van der Waals surface area contributed by atoms with E-state index in [0.717, 1.165) is 16.2 Å². The molecule has 2 aromatic rings. The molecule has 90 valence electrons. The highest BCUT2D eigenvalue weighted by Crippen LogP contribution is 2.33. The molecule has 0 N–H and O–H groups in total. The van der Waals surface area contributed by atoms with E-state index in [1.165, 1.54) is 12.1 Å². The second kappa shape index (κ2) is 5.52. The van der Waals surface area contributed by atoms with Crippen LogP contribution in [0.2, 0.25) is 0 Å². The van der Waals surface area contributed by atoms with Crippen molar-refractivity contribution in [3.05, 3.63) is 52.0 Å². The summed E-state index contributed by atoms with van der Waals surface area (Å²) in [6.07, 6.45) is 0.614. The number of ether oxygens (including phenoxy) is 1. The summed E-state index contributed by atoms with van der Waals surface area (Å²) in [6.45, 7) is 0. The van der Waals surface area contributed by atoms with Crippen LogP contribution in [0.5, 0.6) is 5.75 Å². The van der Waals surface area contributed by atoms with Gasteiger partial charge in [0.2, 0.25) is 0 Å². The van der Waals surface area contributed by atoms with Crippen molar-refractivity contribution in [3.8, 4) is 5.75 Å². The van der Waals surface area contributed by atoms with E-state index in [4.69, 9.17) is 16.3 Å². The van der Waals surface area contributed by atoms with Crippen LogP contribution in [-0.4, -0.2) is 7.11 Å². The van der Waals surface area contributed by atoms with Gasteiger partial charge in [-0.05, 0) is 30.2 Å². The van der Waals surface area contributed by atoms with Crippen LogP contribution in [0.3, 0.4) is 0 Å². The normalized spacial score (nSPS) is 12.4. The summed E-state index contributed by atoms with van der Waals surface area (Å²) in [6, 6.07) is 8.44. The van der Waals surface area contributed by atoms with Crippen LogP contribution in [0.15, 0.2) is 35.7 Å². The second-order valence-electron chi connectivity index (χ2n) is 3.69. The third kappa shape index (κ3) is 3.20. The van der Waals surface area contributed by atoms with Gasteiger partial charge in [0.25, 0.3) is 0 Å². The molecule has 0 spiro atoms. The summed E-state index contributed by atoms with van der Waals surface area (Å²) in [5.41, 5.74) is 0.900. The molecule has 0 radical (unpaired) electrons. The van der Waals surface area contributed by atoms with Crippen LogP contribution in [-0.2, 0) is 6.42 Å². The van der Waals surface area contributed by atoms with E-state index in [1.807, 2.05) is 17.5 Å². The van der Waals surface area contributed by atoms with Crippen molar-refractivity contribution < 1.29 is 9.13 Å². The Balaban J connectivity index is 2.08. The van der Waals surface area contributed by atoms with Crippen molar-refractivity contribution in [1.82, 2.24) is 0 Å². The van der Waals surface area contributed by atoms with Gasteiger partial charge in [-0.15, -0.1) is 22.9 Å². The monoisotopic (exact) mass is 270 g/mol. The summed E-state index contributed by atoms with van der Waals surface area (Å²) in [7, 11) is 1.63. The topological polar surface area (TPSA) is 9.23 Å². The Morgan fingerprint density at radius 1 is 1.41 bits per heavy atom. The van der Waals surface area contributed by atoms with Crippen molar-refractivity contribution in [1.29, 1.82) is 0 Å². The fourth-order valence-electron chi connectivity index (χ4n) is 1.58. The SMILES string of the molecule is COc1csc(C(Cl)Cc2cccc(F)c2)c1. The molecule has 1 aromatic carbocycles. The number of thiophene rings is 1. The smallest absolute Gasteiger partial charge is 0.129 e. The predicted molar refractivity (Wildman–Crippen MR) is 69.6 cm³/mol. The molecule has 0 aliphatic carbocycles. The van der Waals surface area contributed by atoms with Gasteiger partial charge in [-0.2, -0.15) is 0 Å². The number of hydrogen-bond donors (Lipinski definition) is 0. The second-order valence-corrected chi connectivity index (χ2v) is 5.16. The maximum absolute atomic E-state index is 13.0. The minimum absolute atomic E-state index is 0.148. The zero-order valence-electron chi connectivity index (χ0n) is 9.32. The molecular weight excluding hydrogens is 259 g/mol. The number of halogens is 2. The highest BCUT2D eigenvalue weighted by molar-refractivity contribution is 7.10. The Morgan fingerprint density at radius 2 is 2.24 bits per heavy atom. The summed E-state index contributed by atoms with van der Waals surface area (Å²) < 4.78 is 18.1. The minimum atomic E-state index is -0.227. The molecule has 1 atom stereocenters. The van der Waals surface area contributed by atoms with Gasteiger partial charge in [0, 0.05) is 10.3 Å². The molecule has 0 bridgehead atoms. The van der Waals surface area contributed by atoms with Crippen molar-refractivity contribution in [2.24, 2.45) is 0 Å². The van der Waals surface area contributed by atoms with E-state index >= 15 is 0 Å². The quantitative estimate of drug-likeness (QED) is 0.748. The first-order chi connectivity index (χ1) is 8.19. The van der Waals surface area contributed by atoms with Crippen molar-refractivity contribution >= 4 is 22.9 Å². The lowest BCUT2D eigenvalue weighted by atomic mass is 10.1. The van der Waals surface area contributed by atoms with Gasteiger partial charge in [-0.1, -0.05) is 12.1 Å². The summed E-state index contributed by atoms with van der Waals surface area (Å²) >= 11 is 7.85.